The number of thiophene rings is 1. The summed E-state index contributed by atoms with van der Waals surface area (Å²) >= 11 is 1.21. The minimum Gasteiger partial charge on any atom is -0.477 e. The number of amides is 1. The molecule has 0 fully saturated rings. The number of carbonyl (C=O) groups excluding carboxylic acids is 1. The van der Waals surface area contributed by atoms with Gasteiger partial charge in [0.25, 0.3) is 5.91 Å². The van der Waals surface area contributed by atoms with Crippen LogP contribution in [0.25, 0.3) is 10.1 Å². The van der Waals surface area contributed by atoms with Crippen LogP contribution in [0, 0.1) is 6.92 Å². The van der Waals surface area contributed by atoms with Crippen LogP contribution in [0.2, 0.25) is 0 Å². The monoisotopic (exact) mass is 344 g/mol. The van der Waals surface area contributed by atoms with Crippen molar-refractivity contribution in [2.24, 2.45) is 0 Å². The average molecular weight is 344 g/mol. The molecule has 1 amide bonds. The van der Waals surface area contributed by atoms with Gasteiger partial charge in [-0.3, -0.25) is 4.79 Å². The Kier molecular flexibility index (Phi) is 4.35. The maximum Gasteiger partial charge on any atom is 0.346 e. The summed E-state index contributed by atoms with van der Waals surface area (Å²) in [6, 6.07) is 7.45. The fourth-order valence-electron chi connectivity index (χ4n) is 2.65. The zero-order valence-corrected chi connectivity index (χ0v) is 14.1. The number of fused-ring (bicyclic) bond motifs is 1. The number of carboxylic acids is 1. The van der Waals surface area contributed by atoms with Gasteiger partial charge in [-0.25, -0.2) is 4.79 Å². The molecule has 0 saturated heterocycles. The van der Waals surface area contributed by atoms with Crippen molar-refractivity contribution in [1.29, 1.82) is 0 Å². The summed E-state index contributed by atoms with van der Waals surface area (Å²) < 4.78 is 5.96. The first-order chi connectivity index (χ1) is 11.5. The Bertz CT molecular complexity index is 926. The smallest absolute Gasteiger partial charge is 0.346 e. The molecular weight excluding hydrogens is 328 g/mol. The second kappa shape index (κ2) is 6.45. The Morgan fingerprint density at radius 1 is 1.33 bits per heavy atom. The fraction of sp³-hybridized carbons (Fsp3) is 0.235. The third-order valence-corrected chi connectivity index (χ3v) is 5.01. The van der Waals surface area contributed by atoms with Crippen molar-refractivity contribution in [1.82, 2.24) is 10.5 Å². The van der Waals surface area contributed by atoms with E-state index in [1.807, 2.05) is 31.2 Å². The summed E-state index contributed by atoms with van der Waals surface area (Å²) in [4.78, 5) is 24.2. The van der Waals surface area contributed by atoms with Gasteiger partial charge in [-0.2, -0.15) is 0 Å². The Morgan fingerprint density at radius 2 is 2.08 bits per heavy atom. The highest BCUT2D eigenvalue weighted by Gasteiger charge is 2.21. The minimum atomic E-state index is -0.990. The number of benzene rings is 1. The largest absolute Gasteiger partial charge is 0.477 e. The number of aryl methyl sites for hydroxylation is 2. The van der Waals surface area contributed by atoms with Crippen LogP contribution >= 0.6 is 11.3 Å². The van der Waals surface area contributed by atoms with Gasteiger partial charge in [0.05, 0.1) is 5.69 Å². The molecule has 2 heterocycles. The number of hydrogen-bond acceptors (Lipinski definition) is 5. The summed E-state index contributed by atoms with van der Waals surface area (Å²) in [6.07, 6.45) is 0.585. The highest BCUT2D eigenvalue weighted by molar-refractivity contribution is 7.21. The number of carbonyl (C=O) groups is 2. The first kappa shape index (κ1) is 16.2. The van der Waals surface area contributed by atoms with Gasteiger partial charge in [-0.05, 0) is 24.8 Å². The molecule has 0 atom stereocenters. The van der Waals surface area contributed by atoms with Crippen molar-refractivity contribution in [3.05, 3.63) is 51.7 Å². The first-order valence-electron chi connectivity index (χ1n) is 7.50. The van der Waals surface area contributed by atoms with Crippen LogP contribution in [0.15, 0.2) is 28.8 Å². The molecule has 0 aliphatic heterocycles. The molecule has 0 aliphatic rings. The molecule has 0 saturated carbocycles. The third kappa shape index (κ3) is 2.78. The lowest BCUT2D eigenvalue weighted by molar-refractivity contribution is 0.0700. The lowest BCUT2D eigenvalue weighted by atomic mass is 10.1. The summed E-state index contributed by atoms with van der Waals surface area (Å²) in [5.74, 6) is -0.842. The van der Waals surface area contributed by atoms with Crippen molar-refractivity contribution >= 4 is 33.3 Å². The third-order valence-electron chi connectivity index (χ3n) is 3.81. The lowest BCUT2D eigenvalue weighted by Gasteiger charge is -2.06. The van der Waals surface area contributed by atoms with Crippen LogP contribution in [0.3, 0.4) is 0 Å². The van der Waals surface area contributed by atoms with Crippen LogP contribution < -0.4 is 5.32 Å². The molecule has 1 aromatic carbocycles. The molecule has 0 radical (unpaired) electrons. The van der Waals surface area contributed by atoms with Crippen molar-refractivity contribution < 1.29 is 19.2 Å². The van der Waals surface area contributed by atoms with Gasteiger partial charge in [0, 0.05) is 16.8 Å². The molecule has 2 aromatic heterocycles. The molecule has 2 N–H and O–H groups in total. The molecule has 124 valence electrons. The summed E-state index contributed by atoms with van der Waals surface area (Å²) in [5, 5.41) is 16.9. The molecule has 3 rings (SSSR count). The Hall–Kier alpha value is -2.67. The van der Waals surface area contributed by atoms with Crippen LogP contribution in [0.1, 0.15) is 44.0 Å². The van der Waals surface area contributed by atoms with E-state index in [1.165, 1.54) is 11.3 Å². The predicted molar refractivity (Wildman–Crippen MR) is 90.6 cm³/mol. The maximum absolute atomic E-state index is 12.5. The second-order valence-electron chi connectivity index (χ2n) is 5.31. The fourth-order valence-corrected chi connectivity index (χ4v) is 3.71. The van der Waals surface area contributed by atoms with Crippen LogP contribution in [0.5, 0.6) is 0 Å². The predicted octanol–water partition coefficient (Wildman–Crippen LogP) is 3.39. The number of hydrogen-bond donors (Lipinski definition) is 2. The van der Waals surface area contributed by atoms with Gasteiger partial charge in [0.2, 0.25) is 0 Å². The molecule has 0 bridgehead atoms. The zero-order valence-electron chi connectivity index (χ0n) is 13.3. The number of carboxylic acid groups (broad SMARTS) is 1. The molecule has 7 heteroatoms. The Labute approximate surface area is 142 Å². The molecule has 24 heavy (non-hydrogen) atoms. The van der Waals surface area contributed by atoms with E-state index in [2.05, 4.69) is 10.5 Å². The molecule has 0 aliphatic carbocycles. The SMILES string of the molecule is CCc1noc(C)c1C(=O)NCc1c(C(=O)O)sc2ccccc12. The number of nitrogens with one attached hydrogen (secondary N) is 1. The van der Waals surface area contributed by atoms with Crippen molar-refractivity contribution in [2.75, 3.05) is 0 Å². The number of nitrogens with zero attached hydrogens (tertiary/aromatic N) is 1. The normalized spacial score (nSPS) is 10.9. The lowest BCUT2D eigenvalue weighted by Crippen LogP contribution is -2.24. The van der Waals surface area contributed by atoms with Gasteiger partial charge in [-0.1, -0.05) is 30.3 Å². The topological polar surface area (TPSA) is 92.4 Å². The standard InChI is InChI=1S/C17H16N2O4S/c1-3-12-14(9(2)23-19-12)16(20)18-8-11-10-6-4-5-7-13(10)24-15(11)17(21)22/h4-7H,3,8H2,1-2H3,(H,18,20)(H,21,22). The van der Waals surface area contributed by atoms with Crippen molar-refractivity contribution in [2.45, 2.75) is 26.8 Å². The van der Waals surface area contributed by atoms with E-state index in [9.17, 15) is 14.7 Å². The highest BCUT2D eigenvalue weighted by atomic mass is 32.1. The van der Waals surface area contributed by atoms with Crippen LogP contribution in [-0.2, 0) is 13.0 Å². The average Bonchev–Trinajstić information content (AvgIpc) is 3.13. The number of rotatable bonds is 5. The minimum absolute atomic E-state index is 0.137. The van der Waals surface area contributed by atoms with Gasteiger partial charge < -0.3 is 14.9 Å². The van der Waals surface area contributed by atoms with E-state index in [0.29, 0.717) is 29.0 Å². The van der Waals surface area contributed by atoms with Crippen LogP contribution in [0.4, 0.5) is 0 Å². The Morgan fingerprint density at radius 3 is 2.79 bits per heavy atom. The van der Waals surface area contributed by atoms with Gasteiger partial charge in [0.1, 0.15) is 16.2 Å². The van der Waals surface area contributed by atoms with E-state index in [4.69, 9.17) is 4.52 Å². The van der Waals surface area contributed by atoms with Crippen molar-refractivity contribution in [3.63, 3.8) is 0 Å². The molecule has 0 unspecified atom stereocenters. The van der Waals surface area contributed by atoms with Gasteiger partial charge in [-0.15, -0.1) is 11.3 Å². The number of aromatic carboxylic acids is 1. The first-order valence-corrected chi connectivity index (χ1v) is 8.31. The number of aromatic nitrogens is 1. The zero-order chi connectivity index (χ0) is 17.3. The van der Waals surface area contributed by atoms with E-state index >= 15 is 0 Å². The molecular formula is C17H16N2O4S. The Balaban J connectivity index is 1.90. The van der Waals surface area contributed by atoms with E-state index in [1.54, 1.807) is 6.92 Å². The molecule has 3 aromatic rings. The van der Waals surface area contributed by atoms with Crippen LogP contribution in [-0.4, -0.2) is 22.1 Å². The van der Waals surface area contributed by atoms with Crippen molar-refractivity contribution in [3.8, 4) is 0 Å². The van der Waals surface area contributed by atoms with E-state index in [-0.39, 0.29) is 17.3 Å². The van der Waals surface area contributed by atoms with E-state index < -0.39 is 5.97 Å². The summed E-state index contributed by atoms with van der Waals surface area (Å²) in [7, 11) is 0. The highest BCUT2D eigenvalue weighted by Crippen LogP contribution is 2.31. The molecule has 6 nitrogen and oxygen atoms in total. The summed E-state index contributed by atoms with van der Waals surface area (Å²) in [6.45, 7) is 3.71. The quantitative estimate of drug-likeness (QED) is 0.740. The summed E-state index contributed by atoms with van der Waals surface area (Å²) in [5.41, 5.74) is 1.64. The van der Waals surface area contributed by atoms with E-state index in [0.717, 1.165) is 10.1 Å². The molecule has 0 spiro atoms. The second-order valence-corrected chi connectivity index (χ2v) is 6.36. The van der Waals surface area contributed by atoms with Gasteiger partial charge in [0.15, 0.2) is 0 Å². The maximum atomic E-state index is 12.5. The van der Waals surface area contributed by atoms with Gasteiger partial charge >= 0.3 is 5.97 Å².